The zero-order valence-corrected chi connectivity index (χ0v) is 14.8. The Kier molecular flexibility index (Phi) is 8.97. The summed E-state index contributed by atoms with van der Waals surface area (Å²) in [6, 6.07) is 4.39. The summed E-state index contributed by atoms with van der Waals surface area (Å²) in [5.74, 6) is -1.41. The van der Waals surface area contributed by atoms with Gasteiger partial charge >= 0.3 is 5.97 Å². The summed E-state index contributed by atoms with van der Waals surface area (Å²) < 4.78 is 0. The zero-order valence-electron chi connectivity index (χ0n) is 14.8. The number of aryl methyl sites for hydroxylation is 1. The molecule has 8 heteroatoms. The minimum atomic E-state index is -1.41. The Morgan fingerprint density at radius 1 is 1.12 bits per heavy atom. The minimum absolute atomic E-state index is 0.0274. The number of nitrogens with zero attached hydrogens (tertiary/aromatic N) is 2. The minimum Gasteiger partial charge on any atom is -0.478 e. The van der Waals surface area contributed by atoms with Crippen molar-refractivity contribution in [3.63, 3.8) is 0 Å². The molecule has 0 saturated heterocycles. The molecule has 0 bridgehead atoms. The maximum atomic E-state index is 11.6. The van der Waals surface area contributed by atoms with Crippen LogP contribution in [0.15, 0.2) is 24.3 Å². The zero-order chi connectivity index (χ0) is 19.5. The number of carboxylic acid groups (broad SMARTS) is 1. The van der Waals surface area contributed by atoms with Crippen LogP contribution in [0.5, 0.6) is 0 Å². The SMILES string of the molecule is CCCCCCCCc1cccc([N+](=O)[O-])c1C(=CC[N+](=O)[O-])C(=O)O. The standard InChI is InChI=1S/C18H24N2O6/c1-2-3-4-5-6-7-9-14-10-8-11-16(20(25)26)17(14)15(18(21)22)12-13-19(23)24/h8,10-12H,2-7,9,13H2,1H3,(H,21,22). The maximum absolute atomic E-state index is 11.6. The maximum Gasteiger partial charge on any atom is 0.336 e. The average molecular weight is 364 g/mol. The summed E-state index contributed by atoms with van der Waals surface area (Å²) in [6.45, 7) is 1.42. The molecule has 1 aromatic rings. The molecule has 1 N–H and O–H groups in total. The predicted octanol–water partition coefficient (Wildman–Crippen LogP) is 4.24. The van der Waals surface area contributed by atoms with Crippen LogP contribution in [0, 0.1) is 20.2 Å². The number of benzene rings is 1. The summed E-state index contributed by atoms with van der Waals surface area (Å²) >= 11 is 0. The second kappa shape index (κ2) is 11.0. The fourth-order valence-electron chi connectivity index (χ4n) is 2.82. The number of aliphatic carboxylic acids is 1. The van der Waals surface area contributed by atoms with Crippen molar-refractivity contribution in [1.82, 2.24) is 0 Å². The molecule has 0 spiro atoms. The van der Waals surface area contributed by atoms with Crippen molar-refractivity contribution in [2.45, 2.75) is 51.9 Å². The molecule has 0 fully saturated rings. The highest BCUT2D eigenvalue weighted by Gasteiger charge is 2.25. The number of carboxylic acids is 1. The largest absolute Gasteiger partial charge is 0.478 e. The Hall–Kier alpha value is -2.77. The molecule has 8 nitrogen and oxygen atoms in total. The Balaban J connectivity index is 3.12. The third-order valence-electron chi connectivity index (χ3n) is 4.07. The quantitative estimate of drug-likeness (QED) is 0.256. The van der Waals surface area contributed by atoms with Crippen LogP contribution in [0.25, 0.3) is 5.57 Å². The summed E-state index contributed by atoms with van der Waals surface area (Å²) in [5, 5.41) is 31.4. The topological polar surface area (TPSA) is 124 Å². The number of carbonyl (C=O) groups is 1. The van der Waals surface area contributed by atoms with E-state index in [1.165, 1.54) is 12.1 Å². The summed E-state index contributed by atoms with van der Waals surface area (Å²) in [4.78, 5) is 32.2. The molecule has 1 rings (SSSR count). The van der Waals surface area contributed by atoms with Crippen molar-refractivity contribution in [2.24, 2.45) is 0 Å². The van der Waals surface area contributed by atoms with E-state index in [-0.39, 0.29) is 11.3 Å². The second-order valence-corrected chi connectivity index (χ2v) is 6.02. The van der Waals surface area contributed by atoms with Gasteiger partial charge in [0.1, 0.15) is 0 Å². The van der Waals surface area contributed by atoms with Crippen LogP contribution < -0.4 is 0 Å². The van der Waals surface area contributed by atoms with E-state index in [9.17, 15) is 30.1 Å². The summed E-state index contributed by atoms with van der Waals surface area (Å²) in [7, 11) is 0. The van der Waals surface area contributed by atoms with Gasteiger partial charge in [-0.1, -0.05) is 51.2 Å². The van der Waals surface area contributed by atoms with Crippen LogP contribution in [0.4, 0.5) is 5.69 Å². The van der Waals surface area contributed by atoms with Gasteiger partial charge in [-0.25, -0.2) is 4.79 Å². The van der Waals surface area contributed by atoms with E-state index in [0.717, 1.165) is 44.6 Å². The first kappa shape index (κ1) is 21.3. The van der Waals surface area contributed by atoms with Gasteiger partial charge in [-0.2, -0.15) is 0 Å². The van der Waals surface area contributed by atoms with Gasteiger partial charge in [0.25, 0.3) is 5.69 Å². The highest BCUT2D eigenvalue weighted by molar-refractivity contribution is 6.17. The van der Waals surface area contributed by atoms with Crippen LogP contribution in [0.3, 0.4) is 0 Å². The first-order chi connectivity index (χ1) is 12.4. The van der Waals surface area contributed by atoms with Crippen molar-refractivity contribution in [2.75, 3.05) is 6.54 Å². The van der Waals surface area contributed by atoms with Gasteiger partial charge in [-0.3, -0.25) is 20.2 Å². The number of hydrogen-bond acceptors (Lipinski definition) is 5. The first-order valence-corrected chi connectivity index (χ1v) is 8.70. The van der Waals surface area contributed by atoms with Gasteiger partial charge in [0.05, 0.1) is 16.1 Å². The van der Waals surface area contributed by atoms with Crippen molar-refractivity contribution in [3.8, 4) is 0 Å². The summed E-state index contributed by atoms with van der Waals surface area (Å²) in [5.41, 5.74) is -0.229. The van der Waals surface area contributed by atoms with Crippen molar-refractivity contribution >= 4 is 17.2 Å². The molecule has 0 amide bonds. The van der Waals surface area contributed by atoms with E-state index in [0.29, 0.717) is 12.0 Å². The van der Waals surface area contributed by atoms with Gasteiger partial charge in [-0.15, -0.1) is 0 Å². The molecule has 0 radical (unpaired) electrons. The molecular formula is C18H24N2O6. The molecular weight excluding hydrogens is 340 g/mol. The lowest BCUT2D eigenvalue weighted by Gasteiger charge is -2.11. The lowest BCUT2D eigenvalue weighted by molar-refractivity contribution is -0.468. The highest BCUT2D eigenvalue weighted by Crippen LogP contribution is 2.31. The number of rotatable bonds is 12. The van der Waals surface area contributed by atoms with Gasteiger partial charge in [0.2, 0.25) is 6.54 Å². The van der Waals surface area contributed by atoms with E-state index < -0.39 is 27.9 Å². The van der Waals surface area contributed by atoms with Crippen molar-refractivity contribution in [1.29, 1.82) is 0 Å². The van der Waals surface area contributed by atoms with Crippen molar-refractivity contribution < 1.29 is 19.7 Å². The molecule has 0 aromatic heterocycles. The first-order valence-electron chi connectivity index (χ1n) is 8.70. The normalized spacial score (nSPS) is 11.3. The number of nitro groups is 2. The fraction of sp³-hybridized carbons (Fsp3) is 0.500. The Bertz CT molecular complexity index is 684. The van der Waals surface area contributed by atoms with E-state index in [4.69, 9.17) is 0 Å². The molecule has 26 heavy (non-hydrogen) atoms. The monoisotopic (exact) mass is 364 g/mol. The second-order valence-electron chi connectivity index (χ2n) is 6.02. The van der Waals surface area contributed by atoms with E-state index >= 15 is 0 Å². The Morgan fingerprint density at radius 2 is 1.77 bits per heavy atom. The molecule has 0 heterocycles. The molecule has 0 saturated carbocycles. The number of nitro benzene ring substituents is 1. The number of unbranched alkanes of at least 4 members (excludes halogenated alkanes) is 5. The third-order valence-corrected chi connectivity index (χ3v) is 4.07. The van der Waals surface area contributed by atoms with Gasteiger partial charge < -0.3 is 5.11 Å². The smallest absolute Gasteiger partial charge is 0.336 e. The molecule has 0 aliphatic heterocycles. The van der Waals surface area contributed by atoms with Gasteiger partial charge in [0.15, 0.2) is 0 Å². The lowest BCUT2D eigenvalue weighted by atomic mass is 9.93. The molecule has 0 aliphatic carbocycles. The van der Waals surface area contributed by atoms with Crippen LogP contribution in [-0.2, 0) is 11.2 Å². The molecule has 0 aliphatic rings. The molecule has 0 atom stereocenters. The van der Waals surface area contributed by atoms with E-state index in [2.05, 4.69) is 6.92 Å². The molecule has 1 aromatic carbocycles. The third kappa shape index (κ3) is 6.62. The lowest BCUT2D eigenvalue weighted by Crippen LogP contribution is -2.09. The van der Waals surface area contributed by atoms with E-state index in [1.807, 2.05) is 0 Å². The predicted molar refractivity (Wildman–Crippen MR) is 97.7 cm³/mol. The molecule has 142 valence electrons. The molecule has 0 unspecified atom stereocenters. The van der Waals surface area contributed by atoms with Crippen LogP contribution >= 0.6 is 0 Å². The van der Waals surface area contributed by atoms with E-state index in [1.54, 1.807) is 6.07 Å². The van der Waals surface area contributed by atoms with Gasteiger partial charge in [0, 0.05) is 17.1 Å². The van der Waals surface area contributed by atoms with Crippen LogP contribution in [0.2, 0.25) is 0 Å². The Morgan fingerprint density at radius 3 is 2.35 bits per heavy atom. The van der Waals surface area contributed by atoms with Crippen LogP contribution in [-0.4, -0.2) is 27.5 Å². The fourth-order valence-corrected chi connectivity index (χ4v) is 2.82. The van der Waals surface area contributed by atoms with Crippen LogP contribution in [0.1, 0.15) is 56.6 Å². The van der Waals surface area contributed by atoms with Crippen molar-refractivity contribution in [3.05, 3.63) is 55.6 Å². The van der Waals surface area contributed by atoms with Gasteiger partial charge in [-0.05, 0) is 18.4 Å². The highest BCUT2D eigenvalue weighted by atomic mass is 16.6. The Labute approximate surface area is 151 Å². The summed E-state index contributed by atoms with van der Waals surface area (Å²) in [6.07, 6.45) is 7.63. The average Bonchev–Trinajstić information content (AvgIpc) is 2.58. The number of hydrogen-bond donors (Lipinski definition) is 1.